The lowest BCUT2D eigenvalue weighted by Gasteiger charge is -2.41. The second-order valence-corrected chi connectivity index (χ2v) is 7.48. The molecule has 0 radical (unpaired) electrons. The molecule has 10 nitrogen and oxygen atoms in total. The van der Waals surface area contributed by atoms with Crippen LogP contribution in [0.2, 0.25) is 0 Å². The van der Waals surface area contributed by atoms with E-state index in [9.17, 15) is 22.8 Å². The number of piperidine rings is 1. The molecule has 1 fully saturated rings. The smallest absolute Gasteiger partial charge is 0.451 e. The van der Waals surface area contributed by atoms with Crippen LogP contribution in [0.1, 0.15) is 36.2 Å². The van der Waals surface area contributed by atoms with Crippen LogP contribution in [-0.4, -0.2) is 68.6 Å². The molecule has 4 heterocycles. The third-order valence-corrected chi connectivity index (χ3v) is 5.62. The highest BCUT2D eigenvalue weighted by Gasteiger charge is 2.40. The quantitative estimate of drug-likeness (QED) is 0.784. The predicted molar refractivity (Wildman–Crippen MR) is 94.5 cm³/mol. The highest BCUT2D eigenvalue weighted by atomic mass is 19.4. The Kier molecular flexibility index (Phi) is 5.30. The van der Waals surface area contributed by atoms with Crippen LogP contribution in [0.4, 0.5) is 18.0 Å². The molecule has 0 aromatic carbocycles. The molecule has 0 saturated carbocycles. The number of carbonyl (C=O) groups is 1. The number of ether oxygens (including phenoxy) is 1. The van der Waals surface area contributed by atoms with Gasteiger partial charge in [-0.05, 0) is 12.8 Å². The van der Waals surface area contributed by atoms with Gasteiger partial charge in [-0.3, -0.25) is 9.69 Å². The fourth-order valence-electron chi connectivity index (χ4n) is 4.21. The molecule has 2 aliphatic rings. The highest BCUT2D eigenvalue weighted by Crippen LogP contribution is 2.33. The Balaban J connectivity index is 1.49. The second kappa shape index (κ2) is 7.78. The van der Waals surface area contributed by atoms with E-state index in [1.165, 1.54) is 13.2 Å². The van der Waals surface area contributed by atoms with Gasteiger partial charge in [-0.15, -0.1) is 10.2 Å². The minimum atomic E-state index is -4.55. The topological polar surface area (TPSA) is 109 Å². The molecule has 2 aromatic rings. The molecule has 1 saturated heterocycles. The number of likely N-dealkylation sites (tertiary alicyclic amines) is 1. The molecule has 13 heteroatoms. The maximum Gasteiger partial charge on any atom is 0.451 e. The van der Waals surface area contributed by atoms with Crippen LogP contribution in [0.5, 0.6) is 0 Å². The SMILES string of the molecule is COC(=O)N1CC[C@@H](c2cc(=O)[nH]o2)C[C@@H]1CN1CCn2c(nnc2C(F)(F)F)C1. The van der Waals surface area contributed by atoms with E-state index >= 15 is 0 Å². The molecule has 164 valence electrons. The number of amides is 1. The van der Waals surface area contributed by atoms with Gasteiger partial charge in [0.05, 0.1) is 13.7 Å². The molecule has 0 bridgehead atoms. The second-order valence-electron chi connectivity index (χ2n) is 7.48. The fourth-order valence-corrected chi connectivity index (χ4v) is 4.21. The van der Waals surface area contributed by atoms with Crippen molar-refractivity contribution in [1.82, 2.24) is 29.7 Å². The van der Waals surface area contributed by atoms with Crippen molar-refractivity contribution in [3.8, 4) is 0 Å². The van der Waals surface area contributed by atoms with Crippen LogP contribution in [0, 0.1) is 0 Å². The van der Waals surface area contributed by atoms with Crippen molar-refractivity contribution in [1.29, 1.82) is 0 Å². The van der Waals surface area contributed by atoms with Crippen LogP contribution in [-0.2, 0) is 24.0 Å². The van der Waals surface area contributed by atoms with Crippen molar-refractivity contribution in [2.24, 2.45) is 0 Å². The summed E-state index contributed by atoms with van der Waals surface area (Å²) < 4.78 is 50.3. The van der Waals surface area contributed by atoms with Crippen molar-refractivity contribution < 1.29 is 27.2 Å². The lowest BCUT2D eigenvalue weighted by molar-refractivity contribution is -0.148. The molecule has 1 N–H and O–H groups in total. The minimum absolute atomic E-state index is 0.0554. The van der Waals surface area contributed by atoms with Crippen LogP contribution >= 0.6 is 0 Å². The Morgan fingerprint density at radius 2 is 2.13 bits per heavy atom. The largest absolute Gasteiger partial charge is 0.453 e. The number of nitrogens with zero attached hydrogens (tertiary/aromatic N) is 5. The summed E-state index contributed by atoms with van der Waals surface area (Å²) in [4.78, 5) is 27.2. The standard InChI is InChI=1S/C17H21F3N6O4/c1-29-16(28)25-3-2-10(12-7-14(27)23-30-12)6-11(25)8-24-4-5-26-13(9-24)21-22-15(26)17(18,19)20/h7,10-11H,2-6,8-9H2,1H3,(H,23,27)/t10-,11-/m1/s1. The van der Waals surface area contributed by atoms with Crippen molar-refractivity contribution >= 4 is 6.09 Å². The average molecular weight is 430 g/mol. The number of aromatic nitrogens is 4. The number of rotatable bonds is 3. The Morgan fingerprint density at radius 3 is 2.80 bits per heavy atom. The van der Waals surface area contributed by atoms with E-state index in [1.54, 1.807) is 4.90 Å². The Bertz CT molecular complexity index is 967. The van der Waals surface area contributed by atoms with Crippen LogP contribution < -0.4 is 5.56 Å². The van der Waals surface area contributed by atoms with Crippen LogP contribution in [0.3, 0.4) is 0 Å². The summed E-state index contributed by atoms with van der Waals surface area (Å²) in [5.41, 5.74) is -0.326. The van der Waals surface area contributed by atoms with Crippen LogP contribution in [0.25, 0.3) is 0 Å². The van der Waals surface area contributed by atoms with Gasteiger partial charge in [0.2, 0.25) is 5.82 Å². The lowest BCUT2D eigenvalue weighted by Crippen LogP contribution is -2.52. The van der Waals surface area contributed by atoms with Gasteiger partial charge in [0.15, 0.2) is 0 Å². The molecule has 0 spiro atoms. The number of aromatic amines is 1. The third-order valence-electron chi connectivity index (χ3n) is 5.62. The molecule has 2 aliphatic heterocycles. The van der Waals surface area contributed by atoms with Crippen molar-refractivity contribution in [3.05, 3.63) is 33.8 Å². The molecule has 0 unspecified atom stereocenters. The molecule has 2 atom stereocenters. The van der Waals surface area contributed by atoms with Gasteiger partial charge >= 0.3 is 12.3 Å². The summed E-state index contributed by atoms with van der Waals surface area (Å²) in [7, 11) is 1.30. The van der Waals surface area contributed by atoms with Gasteiger partial charge < -0.3 is 18.7 Å². The van der Waals surface area contributed by atoms with Gasteiger partial charge in [0, 0.05) is 44.2 Å². The third kappa shape index (κ3) is 3.93. The van der Waals surface area contributed by atoms with Gasteiger partial charge in [0.1, 0.15) is 11.6 Å². The number of alkyl halides is 3. The first-order chi connectivity index (χ1) is 14.3. The normalized spacial score (nSPS) is 22.7. The number of methoxy groups -OCH3 is 1. The van der Waals surface area contributed by atoms with E-state index < -0.39 is 18.1 Å². The number of carbonyl (C=O) groups excluding carboxylic acids is 1. The maximum absolute atomic E-state index is 13.0. The first kappa shape index (κ1) is 20.4. The van der Waals surface area contributed by atoms with E-state index in [0.29, 0.717) is 38.2 Å². The first-order valence-corrected chi connectivity index (χ1v) is 9.51. The Labute approximate surface area is 168 Å². The number of hydrogen-bond acceptors (Lipinski definition) is 7. The highest BCUT2D eigenvalue weighted by molar-refractivity contribution is 5.68. The van der Waals surface area contributed by atoms with Gasteiger partial charge in [-0.2, -0.15) is 18.3 Å². The molecule has 0 aliphatic carbocycles. The zero-order chi connectivity index (χ0) is 21.5. The van der Waals surface area contributed by atoms with Gasteiger partial charge in [-0.25, -0.2) is 4.79 Å². The van der Waals surface area contributed by atoms with E-state index in [1.807, 2.05) is 4.90 Å². The average Bonchev–Trinajstić information content (AvgIpc) is 3.33. The summed E-state index contributed by atoms with van der Waals surface area (Å²) in [6.45, 7) is 1.51. The van der Waals surface area contributed by atoms with Gasteiger partial charge in [-0.1, -0.05) is 0 Å². The zero-order valence-electron chi connectivity index (χ0n) is 16.2. The summed E-state index contributed by atoms with van der Waals surface area (Å²) in [5.74, 6) is -0.279. The van der Waals surface area contributed by atoms with Crippen molar-refractivity contribution in [3.63, 3.8) is 0 Å². The van der Waals surface area contributed by atoms with Crippen molar-refractivity contribution in [2.75, 3.05) is 26.7 Å². The predicted octanol–water partition coefficient (Wildman–Crippen LogP) is 1.41. The molecular weight excluding hydrogens is 409 g/mol. The maximum atomic E-state index is 13.0. The molecule has 2 aromatic heterocycles. The summed E-state index contributed by atoms with van der Waals surface area (Å²) in [5, 5.41) is 9.26. The fraction of sp³-hybridized carbons (Fsp3) is 0.647. The monoisotopic (exact) mass is 430 g/mol. The lowest BCUT2D eigenvalue weighted by atomic mass is 9.88. The summed E-state index contributed by atoms with van der Waals surface area (Å²) in [6.07, 6.45) is -3.87. The number of nitrogens with one attached hydrogen (secondary N) is 1. The Morgan fingerprint density at radius 1 is 1.33 bits per heavy atom. The van der Waals surface area contributed by atoms with Crippen LogP contribution in [0.15, 0.2) is 15.4 Å². The molecule has 4 rings (SSSR count). The number of H-pyrrole nitrogens is 1. The van der Waals surface area contributed by atoms with E-state index in [4.69, 9.17) is 9.26 Å². The molecule has 1 amide bonds. The summed E-state index contributed by atoms with van der Waals surface area (Å²) >= 11 is 0. The molecule has 30 heavy (non-hydrogen) atoms. The van der Waals surface area contributed by atoms with Gasteiger partial charge in [0.25, 0.3) is 5.56 Å². The molecular formula is C17H21F3N6O4. The Hall–Kier alpha value is -2.83. The number of fused-ring (bicyclic) bond motifs is 1. The van der Waals surface area contributed by atoms with E-state index in [0.717, 1.165) is 4.57 Å². The first-order valence-electron chi connectivity index (χ1n) is 9.51. The zero-order valence-corrected chi connectivity index (χ0v) is 16.2. The number of hydrogen-bond donors (Lipinski definition) is 1. The number of halogens is 3. The van der Waals surface area contributed by atoms with E-state index in [2.05, 4.69) is 15.4 Å². The van der Waals surface area contributed by atoms with E-state index in [-0.39, 0.29) is 36.4 Å². The van der Waals surface area contributed by atoms with Crippen molar-refractivity contribution in [2.45, 2.75) is 44.1 Å². The summed E-state index contributed by atoms with van der Waals surface area (Å²) in [6, 6.07) is 1.14. The minimum Gasteiger partial charge on any atom is -0.453 e.